The molecular weight excluding hydrogens is 469 g/mol. The Morgan fingerprint density at radius 2 is 1.83 bits per heavy atom. The van der Waals surface area contributed by atoms with E-state index in [-0.39, 0.29) is 10.6 Å². The first-order valence-electron chi connectivity index (χ1n) is 11.5. The maximum atomic E-state index is 14.6. The number of anilines is 3. The van der Waals surface area contributed by atoms with Gasteiger partial charge >= 0.3 is 0 Å². The fourth-order valence-corrected chi connectivity index (χ4v) is 5.02. The highest BCUT2D eigenvalue weighted by Crippen LogP contribution is 2.33. The predicted octanol–water partition coefficient (Wildman–Crippen LogP) is 3.75. The Labute approximate surface area is 203 Å². The number of nitrogens with zero attached hydrogens (tertiary/aromatic N) is 6. The molecule has 4 heterocycles. The van der Waals surface area contributed by atoms with E-state index in [1.807, 2.05) is 24.7 Å². The first-order chi connectivity index (χ1) is 16.8. The highest BCUT2D eigenvalue weighted by atomic mass is 32.2. The van der Waals surface area contributed by atoms with Gasteiger partial charge in [0.05, 0.1) is 10.6 Å². The highest BCUT2D eigenvalue weighted by molar-refractivity contribution is 7.90. The minimum atomic E-state index is -3.49. The minimum Gasteiger partial charge on any atom is -0.341 e. The zero-order valence-corrected chi connectivity index (χ0v) is 20.3. The van der Waals surface area contributed by atoms with Crippen LogP contribution in [0.3, 0.4) is 0 Å². The number of halogens is 1. The van der Waals surface area contributed by atoms with E-state index < -0.39 is 15.7 Å². The maximum absolute atomic E-state index is 14.6. The van der Waals surface area contributed by atoms with Gasteiger partial charge in [-0.25, -0.2) is 32.7 Å². The van der Waals surface area contributed by atoms with Crippen molar-refractivity contribution < 1.29 is 12.8 Å². The number of aromatic nitrogens is 5. The fraction of sp³-hybridized carbons (Fsp3) is 0.333. The summed E-state index contributed by atoms with van der Waals surface area (Å²) in [6.45, 7) is 3.78. The van der Waals surface area contributed by atoms with Crippen LogP contribution < -0.4 is 10.2 Å². The standard InChI is InChI=1S/C24H26FN7O2S/c1-3-16-13-26-23(27-14-16)31-9-6-17(7-10-31)19-8-11-32-22(19)28-15-29-24(32)30-21-5-4-18(12-20(21)25)35(2,33)34/h4-5,8,11-15,17H,3,6-7,9-10H2,1-2H3,(H,28,29,30). The molecule has 0 saturated carbocycles. The molecule has 0 unspecified atom stereocenters. The minimum absolute atomic E-state index is 0.0744. The first-order valence-corrected chi connectivity index (χ1v) is 13.4. The van der Waals surface area contributed by atoms with Gasteiger partial charge in [-0.1, -0.05) is 6.92 Å². The molecule has 0 spiro atoms. The number of benzene rings is 1. The summed E-state index contributed by atoms with van der Waals surface area (Å²) in [7, 11) is -3.49. The van der Waals surface area contributed by atoms with Crippen LogP contribution in [-0.4, -0.2) is 52.1 Å². The molecule has 1 fully saturated rings. The van der Waals surface area contributed by atoms with Gasteiger partial charge in [0.15, 0.2) is 9.84 Å². The lowest BCUT2D eigenvalue weighted by atomic mass is 9.91. The number of piperidine rings is 1. The van der Waals surface area contributed by atoms with E-state index in [0.717, 1.165) is 67.4 Å². The number of nitrogens with one attached hydrogen (secondary N) is 1. The van der Waals surface area contributed by atoms with Gasteiger partial charge in [-0.3, -0.25) is 4.40 Å². The van der Waals surface area contributed by atoms with Gasteiger partial charge in [0.1, 0.15) is 17.8 Å². The predicted molar refractivity (Wildman–Crippen MR) is 131 cm³/mol. The summed E-state index contributed by atoms with van der Waals surface area (Å²) in [5, 5.41) is 2.97. The number of sulfone groups is 1. The smallest absolute Gasteiger partial charge is 0.225 e. The molecule has 1 N–H and O–H groups in total. The Bertz CT molecular complexity index is 1460. The molecule has 1 aliphatic heterocycles. The van der Waals surface area contributed by atoms with Crippen molar-refractivity contribution in [3.63, 3.8) is 0 Å². The highest BCUT2D eigenvalue weighted by Gasteiger charge is 2.25. The summed E-state index contributed by atoms with van der Waals surface area (Å²) in [6, 6.07) is 5.80. The van der Waals surface area contributed by atoms with Crippen molar-refractivity contribution in [2.75, 3.05) is 29.6 Å². The summed E-state index contributed by atoms with van der Waals surface area (Å²) < 4.78 is 39.8. The lowest BCUT2D eigenvalue weighted by Gasteiger charge is -2.31. The van der Waals surface area contributed by atoms with Gasteiger partial charge in [0, 0.05) is 43.5 Å². The van der Waals surface area contributed by atoms with Gasteiger partial charge in [-0.15, -0.1) is 0 Å². The van der Waals surface area contributed by atoms with Crippen molar-refractivity contribution >= 4 is 33.1 Å². The van der Waals surface area contributed by atoms with E-state index in [4.69, 9.17) is 0 Å². The molecule has 0 aliphatic carbocycles. The zero-order valence-electron chi connectivity index (χ0n) is 19.5. The largest absolute Gasteiger partial charge is 0.341 e. The van der Waals surface area contributed by atoms with E-state index in [2.05, 4.69) is 37.1 Å². The van der Waals surface area contributed by atoms with E-state index in [9.17, 15) is 12.8 Å². The monoisotopic (exact) mass is 495 g/mol. The van der Waals surface area contributed by atoms with Gasteiger partial charge in [-0.2, -0.15) is 0 Å². The molecule has 0 radical (unpaired) electrons. The number of aryl methyl sites for hydroxylation is 1. The van der Waals surface area contributed by atoms with Crippen LogP contribution in [0, 0.1) is 5.82 Å². The summed E-state index contributed by atoms with van der Waals surface area (Å²) in [5.74, 6) is 0.808. The lowest BCUT2D eigenvalue weighted by Crippen LogP contribution is -2.34. The zero-order chi connectivity index (χ0) is 24.6. The average Bonchev–Trinajstić information content (AvgIpc) is 3.30. The Kier molecular flexibility index (Phi) is 6.10. The molecule has 9 nitrogen and oxygen atoms in total. The molecule has 4 aromatic rings. The van der Waals surface area contributed by atoms with E-state index in [0.29, 0.717) is 11.9 Å². The van der Waals surface area contributed by atoms with Crippen LogP contribution in [-0.2, 0) is 16.3 Å². The summed E-state index contributed by atoms with van der Waals surface area (Å²) >= 11 is 0. The molecule has 11 heteroatoms. The van der Waals surface area contributed by atoms with Crippen LogP contribution in [0.15, 0.2) is 54.1 Å². The number of fused-ring (bicyclic) bond motifs is 1. The van der Waals surface area contributed by atoms with Crippen molar-refractivity contribution in [2.24, 2.45) is 0 Å². The topological polar surface area (TPSA) is 105 Å². The molecule has 35 heavy (non-hydrogen) atoms. The quantitative estimate of drug-likeness (QED) is 0.431. The van der Waals surface area contributed by atoms with Crippen LogP contribution in [0.2, 0.25) is 0 Å². The van der Waals surface area contributed by atoms with E-state index in [1.165, 1.54) is 18.5 Å². The molecule has 3 aromatic heterocycles. The molecular formula is C24H26FN7O2S. The van der Waals surface area contributed by atoms with Crippen LogP contribution in [0.1, 0.15) is 36.8 Å². The first kappa shape index (κ1) is 23.2. The average molecular weight is 496 g/mol. The fourth-order valence-electron chi connectivity index (χ4n) is 4.39. The van der Waals surface area contributed by atoms with Gasteiger partial charge in [0.25, 0.3) is 0 Å². The van der Waals surface area contributed by atoms with Crippen LogP contribution in [0.25, 0.3) is 5.65 Å². The normalized spacial score (nSPS) is 15.0. The third kappa shape index (κ3) is 4.68. The Balaban J connectivity index is 1.34. The third-order valence-electron chi connectivity index (χ3n) is 6.41. The number of rotatable bonds is 6. The van der Waals surface area contributed by atoms with Crippen LogP contribution in [0.4, 0.5) is 22.0 Å². The summed E-state index contributed by atoms with van der Waals surface area (Å²) in [4.78, 5) is 19.9. The number of hydrogen-bond donors (Lipinski definition) is 1. The Morgan fingerprint density at radius 3 is 2.49 bits per heavy atom. The van der Waals surface area contributed by atoms with Crippen molar-refractivity contribution in [1.82, 2.24) is 24.3 Å². The van der Waals surface area contributed by atoms with Crippen molar-refractivity contribution in [1.29, 1.82) is 0 Å². The Morgan fingerprint density at radius 1 is 1.09 bits per heavy atom. The molecule has 1 aromatic carbocycles. The van der Waals surface area contributed by atoms with Crippen LogP contribution >= 0.6 is 0 Å². The van der Waals surface area contributed by atoms with Crippen molar-refractivity contribution in [3.05, 3.63) is 66.1 Å². The SMILES string of the molecule is CCc1cnc(N2CCC(c3ccn4c(Nc5ccc(S(C)(=O)=O)cc5F)ncnc34)CC2)nc1. The molecule has 1 saturated heterocycles. The van der Waals surface area contributed by atoms with Crippen LogP contribution in [0.5, 0.6) is 0 Å². The number of hydrogen-bond acceptors (Lipinski definition) is 8. The second-order valence-corrected chi connectivity index (χ2v) is 10.7. The lowest BCUT2D eigenvalue weighted by molar-refractivity contribution is 0.501. The second kappa shape index (κ2) is 9.21. The van der Waals surface area contributed by atoms with Gasteiger partial charge in [0.2, 0.25) is 11.9 Å². The molecule has 0 atom stereocenters. The molecule has 1 aliphatic rings. The molecule has 0 amide bonds. The maximum Gasteiger partial charge on any atom is 0.225 e. The molecule has 0 bridgehead atoms. The third-order valence-corrected chi connectivity index (χ3v) is 7.52. The summed E-state index contributed by atoms with van der Waals surface area (Å²) in [5.41, 5.74) is 3.14. The Hall–Kier alpha value is -3.60. The molecule has 5 rings (SSSR count). The van der Waals surface area contributed by atoms with E-state index in [1.54, 1.807) is 4.40 Å². The van der Waals surface area contributed by atoms with E-state index >= 15 is 0 Å². The summed E-state index contributed by atoms with van der Waals surface area (Å²) in [6.07, 6.45) is 10.9. The van der Waals surface area contributed by atoms with Crippen molar-refractivity contribution in [2.45, 2.75) is 37.0 Å². The van der Waals surface area contributed by atoms with Gasteiger partial charge in [-0.05, 0) is 55.0 Å². The van der Waals surface area contributed by atoms with Gasteiger partial charge < -0.3 is 10.2 Å². The molecule has 182 valence electrons. The second-order valence-electron chi connectivity index (χ2n) is 8.71. The van der Waals surface area contributed by atoms with Crippen molar-refractivity contribution in [3.8, 4) is 0 Å².